The first-order chi connectivity index (χ1) is 13.6. The van der Waals surface area contributed by atoms with Gasteiger partial charge in [0.2, 0.25) is 5.91 Å². The van der Waals surface area contributed by atoms with Crippen molar-refractivity contribution < 1.29 is 4.79 Å². The Bertz CT molecular complexity index is 817. The van der Waals surface area contributed by atoms with Crippen LogP contribution in [0.4, 0.5) is 0 Å². The lowest BCUT2D eigenvalue weighted by Crippen LogP contribution is -2.43. The number of H-pyrrole nitrogens is 1. The number of carbonyl (C=O) groups is 1. The van der Waals surface area contributed by atoms with E-state index < -0.39 is 0 Å². The van der Waals surface area contributed by atoms with Gasteiger partial charge in [-0.1, -0.05) is 38.0 Å². The van der Waals surface area contributed by atoms with Crippen LogP contribution in [0.3, 0.4) is 0 Å². The van der Waals surface area contributed by atoms with Crippen molar-refractivity contribution in [2.24, 2.45) is 4.99 Å². The lowest BCUT2D eigenvalue weighted by atomic mass is 10.1. The van der Waals surface area contributed by atoms with Gasteiger partial charge in [0, 0.05) is 43.8 Å². The van der Waals surface area contributed by atoms with E-state index >= 15 is 0 Å². The Kier molecular flexibility index (Phi) is 6.95. The molecule has 1 amide bonds. The van der Waals surface area contributed by atoms with E-state index in [1.807, 2.05) is 0 Å². The molecule has 1 saturated carbocycles. The molecule has 1 aromatic carbocycles. The van der Waals surface area contributed by atoms with Gasteiger partial charge in [-0.2, -0.15) is 0 Å². The van der Waals surface area contributed by atoms with Crippen LogP contribution in [-0.4, -0.2) is 55.0 Å². The van der Waals surface area contributed by atoms with Gasteiger partial charge in [0.05, 0.1) is 0 Å². The van der Waals surface area contributed by atoms with Crippen LogP contribution in [0.5, 0.6) is 0 Å². The average Bonchev–Trinajstić information content (AvgIpc) is 3.35. The Morgan fingerprint density at radius 2 is 2.04 bits per heavy atom. The molecule has 1 heterocycles. The first-order valence-corrected chi connectivity index (χ1v) is 10.4. The van der Waals surface area contributed by atoms with E-state index in [1.165, 1.54) is 47.7 Å². The minimum Gasteiger partial charge on any atom is -0.361 e. The molecule has 0 unspecified atom stereocenters. The number of aryl methyl sites for hydroxylation is 1. The summed E-state index contributed by atoms with van der Waals surface area (Å²) in [7, 11) is 3.52. The normalized spacial score (nSPS) is 15.2. The molecule has 0 aliphatic heterocycles. The summed E-state index contributed by atoms with van der Waals surface area (Å²) in [4.78, 5) is 21.4. The molecule has 6 heteroatoms. The van der Waals surface area contributed by atoms with Crippen LogP contribution in [0.1, 0.15) is 43.7 Å². The summed E-state index contributed by atoms with van der Waals surface area (Å²) >= 11 is 0. The third kappa shape index (κ3) is 5.06. The number of likely N-dealkylation sites (N-methyl/N-ethyl adjacent to an activating group) is 1. The fourth-order valence-corrected chi connectivity index (χ4v) is 3.80. The molecule has 1 fully saturated rings. The minimum atomic E-state index is 0.0104. The predicted molar refractivity (Wildman–Crippen MR) is 116 cm³/mol. The number of amides is 1. The molecule has 0 radical (unpaired) electrons. The van der Waals surface area contributed by atoms with Crippen molar-refractivity contribution in [1.82, 2.24) is 20.5 Å². The van der Waals surface area contributed by atoms with Gasteiger partial charge in [-0.3, -0.25) is 4.79 Å². The highest BCUT2D eigenvalue weighted by atomic mass is 16.2. The number of para-hydroxylation sites is 1. The maximum Gasteiger partial charge on any atom is 0.243 e. The molecule has 1 aliphatic rings. The van der Waals surface area contributed by atoms with Gasteiger partial charge >= 0.3 is 0 Å². The summed E-state index contributed by atoms with van der Waals surface area (Å²) in [5, 5.41) is 8.23. The Hall–Kier alpha value is -2.50. The molecule has 0 bridgehead atoms. The first kappa shape index (κ1) is 20.2. The molecule has 2 aromatic rings. The zero-order valence-corrected chi connectivity index (χ0v) is 17.3. The highest BCUT2D eigenvalue weighted by Crippen LogP contribution is 2.22. The molecule has 3 rings (SSSR count). The van der Waals surface area contributed by atoms with E-state index in [2.05, 4.69) is 51.9 Å². The zero-order valence-electron chi connectivity index (χ0n) is 17.3. The molecular formula is C22H33N5O. The number of rotatable bonds is 7. The summed E-state index contributed by atoms with van der Waals surface area (Å²) < 4.78 is 0. The van der Waals surface area contributed by atoms with E-state index in [1.54, 1.807) is 19.0 Å². The molecular weight excluding hydrogens is 350 g/mol. The second-order valence-corrected chi connectivity index (χ2v) is 7.76. The zero-order chi connectivity index (χ0) is 19.9. The molecule has 1 aliphatic carbocycles. The van der Waals surface area contributed by atoms with Crippen LogP contribution in [0.2, 0.25) is 0 Å². The van der Waals surface area contributed by atoms with Gasteiger partial charge < -0.3 is 20.5 Å². The topological polar surface area (TPSA) is 72.5 Å². The van der Waals surface area contributed by atoms with Gasteiger partial charge in [0.1, 0.15) is 6.54 Å². The number of guanidine groups is 1. The first-order valence-electron chi connectivity index (χ1n) is 10.4. The van der Waals surface area contributed by atoms with Crippen molar-refractivity contribution in [1.29, 1.82) is 0 Å². The standard InChI is InChI=1S/C22H33N5O/c1-4-16-8-7-11-19-17(14-24-21(16)19)12-13-23-22(25-15-20(28)27(2)3)26-18-9-5-6-10-18/h7-8,11,14,18,24H,4-6,9-10,12-13,15H2,1-3H3,(H2,23,25,26). The number of nitrogens with zero attached hydrogens (tertiary/aromatic N) is 2. The van der Waals surface area contributed by atoms with Crippen LogP contribution in [0.15, 0.2) is 29.4 Å². The van der Waals surface area contributed by atoms with Gasteiger partial charge in [0.15, 0.2) is 5.96 Å². The number of carbonyl (C=O) groups excluding carboxylic acids is 1. The van der Waals surface area contributed by atoms with E-state index in [0.29, 0.717) is 6.04 Å². The molecule has 6 nitrogen and oxygen atoms in total. The summed E-state index contributed by atoms with van der Waals surface area (Å²) in [5.74, 6) is 0.757. The van der Waals surface area contributed by atoms with Crippen LogP contribution >= 0.6 is 0 Å². The fourth-order valence-electron chi connectivity index (χ4n) is 3.80. The Labute approximate surface area is 167 Å². The van der Waals surface area contributed by atoms with Crippen molar-refractivity contribution in [3.05, 3.63) is 35.5 Å². The number of aliphatic imine (C=N–C) groups is 1. The molecule has 152 valence electrons. The number of aromatic amines is 1. The van der Waals surface area contributed by atoms with E-state index in [0.717, 1.165) is 25.3 Å². The molecule has 3 N–H and O–H groups in total. The van der Waals surface area contributed by atoms with Crippen LogP contribution in [0, 0.1) is 0 Å². The lowest BCUT2D eigenvalue weighted by Gasteiger charge is -2.18. The molecule has 0 atom stereocenters. The maximum atomic E-state index is 11.9. The quantitative estimate of drug-likeness (QED) is 0.508. The van der Waals surface area contributed by atoms with Gasteiger partial charge in [0.25, 0.3) is 0 Å². The number of hydrogen-bond donors (Lipinski definition) is 3. The molecule has 0 saturated heterocycles. The Morgan fingerprint density at radius 3 is 2.75 bits per heavy atom. The van der Waals surface area contributed by atoms with Crippen molar-refractivity contribution in [3.8, 4) is 0 Å². The highest BCUT2D eigenvalue weighted by Gasteiger charge is 2.16. The SMILES string of the molecule is CCc1cccc2c(CCNC(=NCC(=O)N(C)C)NC3CCCC3)c[nH]c12. The van der Waals surface area contributed by atoms with Crippen LogP contribution in [0.25, 0.3) is 10.9 Å². The third-order valence-corrected chi connectivity index (χ3v) is 5.52. The van der Waals surface area contributed by atoms with Gasteiger partial charge in [-0.25, -0.2) is 4.99 Å². The van der Waals surface area contributed by atoms with Crippen molar-refractivity contribution in [3.63, 3.8) is 0 Å². The number of aromatic nitrogens is 1. The van der Waals surface area contributed by atoms with Crippen LogP contribution in [-0.2, 0) is 17.6 Å². The highest BCUT2D eigenvalue weighted by molar-refractivity contribution is 5.87. The van der Waals surface area contributed by atoms with Crippen molar-refractivity contribution >= 4 is 22.8 Å². The lowest BCUT2D eigenvalue weighted by molar-refractivity contribution is -0.127. The van der Waals surface area contributed by atoms with Crippen molar-refractivity contribution in [2.75, 3.05) is 27.2 Å². The number of fused-ring (bicyclic) bond motifs is 1. The Morgan fingerprint density at radius 1 is 1.25 bits per heavy atom. The average molecular weight is 384 g/mol. The Balaban J connectivity index is 1.62. The van der Waals surface area contributed by atoms with E-state index in [4.69, 9.17) is 0 Å². The predicted octanol–water partition coefficient (Wildman–Crippen LogP) is 2.84. The van der Waals surface area contributed by atoms with Gasteiger partial charge in [-0.15, -0.1) is 0 Å². The van der Waals surface area contributed by atoms with Gasteiger partial charge in [-0.05, 0) is 36.8 Å². The second-order valence-electron chi connectivity index (χ2n) is 7.76. The summed E-state index contributed by atoms with van der Waals surface area (Å²) in [5.41, 5.74) is 3.90. The summed E-state index contributed by atoms with van der Waals surface area (Å²) in [6, 6.07) is 6.95. The second kappa shape index (κ2) is 9.62. The number of hydrogen-bond acceptors (Lipinski definition) is 2. The summed E-state index contributed by atoms with van der Waals surface area (Å²) in [6.07, 6.45) is 8.91. The largest absolute Gasteiger partial charge is 0.361 e. The van der Waals surface area contributed by atoms with E-state index in [-0.39, 0.29) is 12.5 Å². The maximum absolute atomic E-state index is 11.9. The molecule has 0 spiro atoms. The van der Waals surface area contributed by atoms with Crippen LogP contribution < -0.4 is 10.6 Å². The molecule has 1 aromatic heterocycles. The smallest absolute Gasteiger partial charge is 0.243 e. The van der Waals surface area contributed by atoms with E-state index in [9.17, 15) is 4.79 Å². The number of nitrogens with one attached hydrogen (secondary N) is 3. The number of benzene rings is 1. The fraction of sp³-hybridized carbons (Fsp3) is 0.545. The minimum absolute atomic E-state index is 0.0104. The van der Waals surface area contributed by atoms with Crippen molar-refractivity contribution in [2.45, 2.75) is 51.5 Å². The summed E-state index contributed by atoms with van der Waals surface area (Å²) in [6.45, 7) is 3.13. The monoisotopic (exact) mass is 383 g/mol. The third-order valence-electron chi connectivity index (χ3n) is 5.52. The molecule has 28 heavy (non-hydrogen) atoms.